The first kappa shape index (κ1) is 13.2. The van der Waals surface area contributed by atoms with E-state index >= 15 is 0 Å². The van der Waals surface area contributed by atoms with Crippen molar-refractivity contribution in [2.24, 2.45) is 0 Å². The number of furan rings is 1. The summed E-state index contributed by atoms with van der Waals surface area (Å²) in [5, 5.41) is 3.23. The largest absolute Gasteiger partial charge is 0.468 e. The Hall–Kier alpha value is -0.840. The molecular weight excluding hydrogens is 206 g/mol. The molecule has 1 aromatic heterocycles. The van der Waals surface area contributed by atoms with Gasteiger partial charge in [-0.15, -0.1) is 0 Å². The molecule has 4 heteroatoms. The van der Waals surface area contributed by atoms with E-state index in [0.717, 1.165) is 24.4 Å². The predicted octanol–water partition coefficient (Wildman–Crippen LogP) is 1.94. The molecule has 1 unspecified atom stereocenters. The lowest BCUT2D eigenvalue weighted by Crippen LogP contribution is -2.16. The number of rotatable bonds is 8. The van der Waals surface area contributed by atoms with Crippen LogP contribution in [0.25, 0.3) is 0 Å². The molecule has 0 aliphatic rings. The van der Waals surface area contributed by atoms with E-state index in [1.807, 2.05) is 13.0 Å². The first-order valence-corrected chi connectivity index (χ1v) is 5.64. The van der Waals surface area contributed by atoms with Crippen LogP contribution in [0.5, 0.6) is 0 Å². The van der Waals surface area contributed by atoms with Gasteiger partial charge in [-0.05, 0) is 19.5 Å². The van der Waals surface area contributed by atoms with Gasteiger partial charge in [0.05, 0.1) is 32.1 Å². The summed E-state index contributed by atoms with van der Waals surface area (Å²) in [5.74, 6) is 0.950. The Morgan fingerprint density at radius 3 is 3.00 bits per heavy atom. The summed E-state index contributed by atoms with van der Waals surface area (Å²) in [6.07, 6.45) is 1.80. The second kappa shape index (κ2) is 7.44. The van der Waals surface area contributed by atoms with Crippen molar-refractivity contribution in [3.63, 3.8) is 0 Å². The molecule has 1 atom stereocenters. The summed E-state index contributed by atoms with van der Waals surface area (Å²) >= 11 is 0. The minimum absolute atomic E-state index is 0.104. The van der Waals surface area contributed by atoms with Crippen molar-refractivity contribution in [2.75, 3.05) is 20.3 Å². The van der Waals surface area contributed by atoms with E-state index < -0.39 is 0 Å². The second-order valence-electron chi connectivity index (χ2n) is 3.73. The Morgan fingerprint density at radius 1 is 1.50 bits per heavy atom. The van der Waals surface area contributed by atoms with Gasteiger partial charge in [0.25, 0.3) is 0 Å². The van der Waals surface area contributed by atoms with Gasteiger partial charge in [-0.1, -0.05) is 6.92 Å². The van der Waals surface area contributed by atoms with Gasteiger partial charge in [-0.2, -0.15) is 0 Å². The quantitative estimate of drug-likeness (QED) is 0.737. The highest BCUT2D eigenvalue weighted by Crippen LogP contribution is 2.12. The van der Waals surface area contributed by atoms with Crippen LogP contribution in [0.3, 0.4) is 0 Å². The maximum absolute atomic E-state index is 5.63. The number of nitrogens with one attached hydrogen (secondary N) is 1. The molecule has 0 spiro atoms. The molecule has 92 valence electrons. The monoisotopic (exact) mass is 227 g/mol. The zero-order valence-electron chi connectivity index (χ0n) is 10.3. The summed E-state index contributed by atoms with van der Waals surface area (Å²) in [4.78, 5) is 0. The maximum atomic E-state index is 5.63. The molecule has 1 N–H and O–H groups in total. The number of hydrogen-bond donors (Lipinski definition) is 1. The molecule has 0 saturated carbocycles. The van der Waals surface area contributed by atoms with Crippen molar-refractivity contribution in [3.05, 3.63) is 23.7 Å². The van der Waals surface area contributed by atoms with Crippen LogP contribution in [0.2, 0.25) is 0 Å². The first-order valence-electron chi connectivity index (χ1n) is 5.64. The van der Waals surface area contributed by atoms with Gasteiger partial charge in [0.2, 0.25) is 0 Å². The van der Waals surface area contributed by atoms with Gasteiger partial charge < -0.3 is 19.2 Å². The topological polar surface area (TPSA) is 43.6 Å². The maximum Gasteiger partial charge on any atom is 0.123 e. The smallest absolute Gasteiger partial charge is 0.123 e. The van der Waals surface area contributed by atoms with E-state index in [9.17, 15) is 0 Å². The molecule has 0 bridgehead atoms. The first-order chi connectivity index (χ1) is 7.77. The van der Waals surface area contributed by atoms with Crippen LogP contribution in [-0.2, 0) is 22.6 Å². The Balaban J connectivity index is 2.37. The molecule has 0 fully saturated rings. The molecule has 0 amide bonds. The fourth-order valence-corrected chi connectivity index (χ4v) is 1.40. The molecule has 0 saturated heterocycles. The average Bonchev–Trinajstić information content (AvgIpc) is 2.71. The van der Waals surface area contributed by atoms with Gasteiger partial charge in [-0.25, -0.2) is 0 Å². The van der Waals surface area contributed by atoms with Crippen molar-refractivity contribution in [2.45, 2.75) is 33.1 Å². The van der Waals surface area contributed by atoms with Crippen LogP contribution < -0.4 is 5.32 Å². The van der Waals surface area contributed by atoms with Crippen molar-refractivity contribution in [1.82, 2.24) is 5.32 Å². The molecular formula is C12H21NO3. The summed E-state index contributed by atoms with van der Waals surface area (Å²) in [7, 11) is 1.67. The van der Waals surface area contributed by atoms with E-state index in [-0.39, 0.29) is 6.10 Å². The summed E-state index contributed by atoms with van der Waals surface area (Å²) in [6, 6.07) is 1.95. The van der Waals surface area contributed by atoms with Gasteiger partial charge in [0, 0.05) is 12.7 Å². The third kappa shape index (κ3) is 4.35. The molecule has 1 heterocycles. The van der Waals surface area contributed by atoms with Crippen LogP contribution in [0.15, 0.2) is 16.7 Å². The van der Waals surface area contributed by atoms with E-state index in [1.165, 1.54) is 0 Å². The summed E-state index contributed by atoms with van der Waals surface area (Å²) in [6.45, 7) is 6.93. The van der Waals surface area contributed by atoms with Crippen LogP contribution in [0.1, 0.15) is 25.2 Å². The van der Waals surface area contributed by atoms with E-state index in [0.29, 0.717) is 13.2 Å². The van der Waals surface area contributed by atoms with Crippen molar-refractivity contribution in [1.29, 1.82) is 0 Å². The molecule has 0 aromatic carbocycles. The van der Waals surface area contributed by atoms with E-state index in [1.54, 1.807) is 13.4 Å². The Morgan fingerprint density at radius 2 is 2.31 bits per heavy atom. The minimum Gasteiger partial charge on any atom is -0.468 e. The molecule has 1 aromatic rings. The lowest BCUT2D eigenvalue weighted by atomic mass is 10.2. The Kier molecular flexibility index (Phi) is 6.15. The fraction of sp³-hybridized carbons (Fsp3) is 0.667. The van der Waals surface area contributed by atoms with Gasteiger partial charge in [-0.3, -0.25) is 0 Å². The van der Waals surface area contributed by atoms with Crippen molar-refractivity contribution >= 4 is 0 Å². The van der Waals surface area contributed by atoms with Crippen molar-refractivity contribution in [3.8, 4) is 0 Å². The molecule has 0 aliphatic carbocycles. The highest BCUT2D eigenvalue weighted by Gasteiger charge is 2.08. The Bertz CT molecular complexity index is 286. The SMILES string of the molecule is CCNCc1occc1COC(C)COC. The third-order valence-corrected chi connectivity index (χ3v) is 2.30. The molecule has 0 aliphatic heterocycles. The highest BCUT2D eigenvalue weighted by atomic mass is 16.5. The van der Waals surface area contributed by atoms with Gasteiger partial charge in [0.1, 0.15) is 5.76 Å². The van der Waals surface area contributed by atoms with E-state index in [2.05, 4.69) is 12.2 Å². The van der Waals surface area contributed by atoms with Crippen LogP contribution in [-0.4, -0.2) is 26.4 Å². The van der Waals surface area contributed by atoms with Gasteiger partial charge >= 0.3 is 0 Å². The minimum atomic E-state index is 0.104. The third-order valence-electron chi connectivity index (χ3n) is 2.30. The van der Waals surface area contributed by atoms with Crippen molar-refractivity contribution < 1.29 is 13.9 Å². The lowest BCUT2D eigenvalue weighted by molar-refractivity contribution is -0.000635. The number of methoxy groups -OCH3 is 1. The second-order valence-corrected chi connectivity index (χ2v) is 3.73. The molecule has 0 radical (unpaired) electrons. The van der Waals surface area contributed by atoms with Crippen LogP contribution in [0.4, 0.5) is 0 Å². The molecule has 4 nitrogen and oxygen atoms in total. The lowest BCUT2D eigenvalue weighted by Gasteiger charge is -2.11. The number of hydrogen-bond acceptors (Lipinski definition) is 4. The van der Waals surface area contributed by atoms with Crippen LogP contribution >= 0.6 is 0 Å². The normalized spacial score (nSPS) is 12.9. The number of ether oxygens (including phenoxy) is 2. The van der Waals surface area contributed by atoms with E-state index in [4.69, 9.17) is 13.9 Å². The van der Waals surface area contributed by atoms with Gasteiger partial charge in [0.15, 0.2) is 0 Å². The fourth-order valence-electron chi connectivity index (χ4n) is 1.40. The average molecular weight is 227 g/mol. The zero-order valence-corrected chi connectivity index (χ0v) is 10.3. The molecule has 16 heavy (non-hydrogen) atoms. The summed E-state index contributed by atoms with van der Waals surface area (Å²) in [5.41, 5.74) is 1.10. The van der Waals surface area contributed by atoms with Crippen LogP contribution in [0, 0.1) is 0 Å². The Labute approximate surface area is 96.9 Å². The zero-order chi connectivity index (χ0) is 11.8. The highest BCUT2D eigenvalue weighted by molar-refractivity contribution is 5.15. The standard InChI is InChI=1S/C12H21NO3/c1-4-13-7-12-11(5-6-15-12)9-16-10(2)8-14-3/h5-6,10,13H,4,7-9H2,1-3H3. The predicted molar refractivity (Wildman–Crippen MR) is 62.2 cm³/mol. The molecule has 1 rings (SSSR count). The summed E-state index contributed by atoms with van der Waals surface area (Å²) < 4.78 is 16.0.